The van der Waals surface area contributed by atoms with Gasteiger partial charge in [-0.1, -0.05) is 0 Å². The van der Waals surface area contributed by atoms with Gasteiger partial charge in [0.25, 0.3) is 0 Å². The zero-order chi connectivity index (χ0) is 13.3. The fourth-order valence-corrected chi connectivity index (χ4v) is 2.71. The summed E-state index contributed by atoms with van der Waals surface area (Å²) in [5.74, 6) is 0.178. The molecular formula is C13H18BrN3O. The van der Waals surface area contributed by atoms with Gasteiger partial charge in [0.1, 0.15) is 0 Å². The van der Waals surface area contributed by atoms with Crippen LogP contribution in [0.15, 0.2) is 22.9 Å². The summed E-state index contributed by atoms with van der Waals surface area (Å²) in [6, 6.07) is 2.05. The molecule has 0 N–H and O–H groups in total. The second kappa shape index (κ2) is 4.97. The van der Waals surface area contributed by atoms with E-state index in [1.807, 2.05) is 33.2 Å². The number of amides is 1. The highest BCUT2D eigenvalue weighted by molar-refractivity contribution is 9.10. The molecule has 1 aromatic heterocycles. The third-order valence-corrected chi connectivity index (χ3v) is 3.93. The molecule has 2 rings (SSSR count). The van der Waals surface area contributed by atoms with Crippen molar-refractivity contribution in [2.24, 2.45) is 0 Å². The zero-order valence-corrected chi connectivity index (χ0v) is 12.6. The van der Waals surface area contributed by atoms with Gasteiger partial charge in [-0.2, -0.15) is 0 Å². The van der Waals surface area contributed by atoms with Gasteiger partial charge in [0.2, 0.25) is 5.91 Å². The van der Waals surface area contributed by atoms with Crippen LogP contribution < -0.4 is 0 Å². The molecule has 0 aromatic carbocycles. The quantitative estimate of drug-likeness (QED) is 0.837. The molecule has 1 aromatic rings. The molecule has 1 fully saturated rings. The van der Waals surface area contributed by atoms with Crippen molar-refractivity contribution >= 4 is 21.8 Å². The lowest BCUT2D eigenvalue weighted by Gasteiger charge is -2.44. The van der Waals surface area contributed by atoms with Gasteiger partial charge in [0.05, 0.1) is 5.54 Å². The number of pyridine rings is 1. The first-order valence-electron chi connectivity index (χ1n) is 6.01. The van der Waals surface area contributed by atoms with E-state index >= 15 is 0 Å². The summed E-state index contributed by atoms with van der Waals surface area (Å²) in [5, 5.41) is 0. The Kier molecular flexibility index (Phi) is 3.73. The van der Waals surface area contributed by atoms with Crippen molar-refractivity contribution < 1.29 is 4.79 Å². The number of nitrogens with zero attached hydrogens (tertiary/aromatic N) is 3. The zero-order valence-electron chi connectivity index (χ0n) is 11.0. The van der Waals surface area contributed by atoms with Gasteiger partial charge in [-0.3, -0.25) is 14.7 Å². The summed E-state index contributed by atoms with van der Waals surface area (Å²) in [6.07, 6.45) is 3.62. The van der Waals surface area contributed by atoms with Crippen LogP contribution in [0.2, 0.25) is 0 Å². The third kappa shape index (κ3) is 2.57. The van der Waals surface area contributed by atoms with Gasteiger partial charge >= 0.3 is 0 Å². The van der Waals surface area contributed by atoms with Gasteiger partial charge in [0, 0.05) is 43.5 Å². The van der Waals surface area contributed by atoms with Gasteiger partial charge in [-0.15, -0.1) is 0 Å². The lowest BCUT2D eigenvalue weighted by Crippen LogP contribution is -2.61. The summed E-state index contributed by atoms with van der Waals surface area (Å²) in [5.41, 5.74) is 0.671. The monoisotopic (exact) mass is 311 g/mol. The summed E-state index contributed by atoms with van der Waals surface area (Å²) < 4.78 is 0.971. The Morgan fingerprint density at radius 1 is 1.39 bits per heavy atom. The van der Waals surface area contributed by atoms with Crippen molar-refractivity contribution in [1.82, 2.24) is 14.8 Å². The van der Waals surface area contributed by atoms with Gasteiger partial charge in [-0.05, 0) is 41.4 Å². The molecule has 1 amide bonds. The van der Waals surface area contributed by atoms with Crippen LogP contribution in [0.5, 0.6) is 0 Å². The van der Waals surface area contributed by atoms with Crippen molar-refractivity contribution in [2.75, 3.05) is 20.1 Å². The molecule has 2 heterocycles. The number of aromatic nitrogens is 1. The fraction of sp³-hybridized carbons (Fsp3) is 0.538. The molecule has 0 radical (unpaired) electrons. The van der Waals surface area contributed by atoms with Crippen LogP contribution in [0.4, 0.5) is 0 Å². The number of piperazine rings is 1. The van der Waals surface area contributed by atoms with Crippen molar-refractivity contribution in [3.63, 3.8) is 0 Å². The highest BCUT2D eigenvalue weighted by Gasteiger charge is 2.40. The Balaban J connectivity index is 2.16. The van der Waals surface area contributed by atoms with Crippen molar-refractivity contribution in [1.29, 1.82) is 0 Å². The molecule has 0 saturated carbocycles. The minimum Gasteiger partial charge on any atom is -0.343 e. The van der Waals surface area contributed by atoms with Crippen LogP contribution in [-0.2, 0) is 11.3 Å². The normalized spacial score (nSPS) is 20.2. The standard InChI is InChI=1S/C13H18BrN3O/c1-13(2)12(18)16(3)4-5-17(13)9-10-6-11(14)8-15-7-10/h6-8H,4-5,9H2,1-3H3. The molecule has 1 aliphatic heterocycles. The van der Waals surface area contributed by atoms with Crippen LogP contribution in [-0.4, -0.2) is 46.4 Å². The molecule has 0 spiro atoms. The van der Waals surface area contributed by atoms with Crippen LogP contribution >= 0.6 is 15.9 Å². The van der Waals surface area contributed by atoms with Crippen LogP contribution in [0.1, 0.15) is 19.4 Å². The number of hydrogen-bond acceptors (Lipinski definition) is 3. The van der Waals surface area contributed by atoms with E-state index in [0.29, 0.717) is 0 Å². The number of halogens is 1. The summed E-state index contributed by atoms with van der Waals surface area (Å²) >= 11 is 3.42. The highest BCUT2D eigenvalue weighted by atomic mass is 79.9. The van der Waals surface area contributed by atoms with Crippen LogP contribution in [0.25, 0.3) is 0 Å². The Bertz CT molecular complexity index is 461. The lowest BCUT2D eigenvalue weighted by atomic mass is 9.97. The Labute approximate surface area is 116 Å². The largest absolute Gasteiger partial charge is 0.343 e. The molecule has 18 heavy (non-hydrogen) atoms. The van der Waals surface area contributed by atoms with E-state index in [9.17, 15) is 4.79 Å². The van der Waals surface area contributed by atoms with E-state index < -0.39 is 5.54 Å². The average Bonchev–Trinajstić information content (AvgIpc) is 2.31. The van der Waals surface area contributed by atoms with Crippen molar-refractivity contribution in [3.05, 3.63) is 28.5 Å². The first kappa shape index (κ1) is 13.5. The first-order valence-corrected chi connectivity index (χ1v) is 6.80. The maximum absolute atomic E-state index is 12.2. The molecule has 98 valence electrons. The molecule has 0 unspecified atom stereocenters. The maximum Gasteiger partial charge on any atom is 0.242 e. The second-order valence-corrected chi connectivity index (χ2v) is 6.13. The van der Waals surface area contributed by atoms with E-state index in [1.165, 1.54) is 0 Å². The number of hydrogen-bond donors (Lipinski definition) is 0. The molecular weight excluding hydrogens is 294 g/mol. The minimum atomic E-state index is -0.449. The predicted molar refractivity (Wildman–Crippen MR) is 74.1 cm³/mol. The summed E-state index contributed by atoms with van der Waals surface area (Å²) in [7, 11) is 1.86. The SMILES string of the molecule is CN1CCN(Cc2cncc(Br)c2)C(C)(C)C1=O. The molecule has 1 saturated heterocycles. The highest BCUT2D eigenvalue weighted by Crippen LogP contribution is 2.24. The number of rotatable bonds is 2. The molecule has 5 heteroatoms. The number of carbonyl (C=O) groups is 1. The van der Waals surface area contributed by atoms with Crippen molar-refractivity contribution in [2.45, 2.75) is 25.9 Å². The van der Waals surface area contributed by atoms with E-state index in [4.69, 9.17) is 0 Å². The number of carbonyl (C=O) groups excluding carboxylic acids is 1. The molecule has 1 aliphatic rings. The Morgan fingerprint density at radius 2 is 2.11 bits per heavy atom. The van der Waals surface area contributed by atoms with E-state index in [-0.39, 0.29) is 5.91 Å². The van der Waals surface area contributed by atoms with Gasteiger partial charge < -0.3 is 4.90 Å². The van der Waals surface area contributed by atoms with Crippen molar-refractivity contribution in [3.8, 4) is 0 Å². The van der Waals surface area contributed by atoms with E-state index in [1.54, 1.807) is 11.1 Å². The van der Waals surface area contributed by atoms with Crippen LogP contribution in [0, 0.1) is 0 Å². The maximum atomic E-state index is 12.2. The molecule has 0 bridgehead atoms. The summed E-state index contributed by atoms with van der Waals surface area (Å²) in [6.45, 7) is 6.39. The van der Waals surface area contributed by atoms with E-state index in [0.717, 1.165) is 29.7 Å². The first-order chi connectivity index (χ1) is 8.41. The fourth-order valence-electron chi connectivity index (χ4n) is 2.29. The Morgan fingerprint density at radius 3 is 2.78 bits per heavy atom. The molecule has 0 atom stereocenters. The predicted octanol–water partition coefficient (Wildman–Crippen LogP) is 1.90. The molecule has 0 aliphatic carbocycles. The number of likely N-dealkylation sites (N-methyl/N-ethyl adjacent to an activating group) is 1. The van der Waals surface area contributed by atoms with Gasteiger partial charge in [-0.25, -0.2) is 0 Å². The molecule has 4 nitrogen and oxygen atoms in total. The van der Waals surface area contributed by atoms with E-state index in [2.05, 4.69) is 25.8 Å². The topological polar surface area (TPSA) is 36.4 Å². The van der Waals surface area contributed by atoms with Crippen LogP contribution in [0.3, 0.4) is 0 Å². The van der Waals surface area contributed by atoms with Gasteiger partial charge in [0.15, 0.2) is 0 Å². The average molecular weight is 312 g/mol. The smallest absolute Gasteiger partial charge is 0.242 e. The third-order valence-electron chi connectivity index (χ3n) is 3.50. The second-order valence-electron chi connectivity index (χ2n) is 5.22. The minimum absolute atomic E-state index is 0.178. The lowest BCUT2D eigenvalue weighted by molar-refractivity contribution is -0.147. The summed E-state index contributed by atoms with van der Waals surface area (Å²) in [4.78, 5) is 20.3. The Hall–Kier alpha value is -0.940.